The molecular weight excluding hydrogens is 311 g/mol. The second-order valence-electron chi connectivity index (χ2n) is 4.70. The summed E-state index contributed by atoms with van der Waals surface area (Å²) in [6.07, 6.45) is 0. The van der Waals surface area contributed by atoms with Gasteiger partial charge in [-0.25, -0.2) is 4.39 Å². The normalized spacial score (nSPS) is 33.4. The van der Waals surface area contributed by atoms with E-state index in [1.54, 1.807) is 11.0 Å². The van der Waals surface area contributed by atoms with Crippen LogP contribution in [0.15, 0.2) is 18.2 Å². The summed E-state index contributed by atoms with van der Waals surface area (Å²) in [6, 6.07) is 3.97. The van der Waals surface area contributed by atoms with Crippen LogP contribution in [0.3, 0.4) is 0 Å². The SMILES string of the molecule is O=[S+]1(O)C[C@@H]2[C@@H](C1)NC(=S)N2c1ccc(F)c(Cl)c1. The number of anilines is 1. The molecule has 2 heterocycles. The van der Waals surface area contributed by atoms with Crippen LogP contribution in [0.1, 0.15) is 0 Å². The molecule has 1 aromatic rings. The monoisotopic (exact) mass is 321 g/mol. The largest absolute Gasteiger partial charge is 0.352 e. The van der Waals surface area contributed by atoms with Crippen LogP contribution in [0.4, 0.5) is 10.1 Å². The molecular formula is C11H11ClFN2O2S2+. The summed E-state index contributed by atoms with van der Waals surface area (Å²) in [4.78, 5) is 1.74. The van der Waals surface area contributed by atoms with Crippen LogP contribution in [0.25, 0.3) is 0 Å². The molecule has 102 valence electrons. The van der Waals surface area contributed by atoms with Crippen molar-refractivity contribution in [2.24, 2.45) is 0 Å². The molecule has 1 unspecified atom stereocenters. The molecule has 2 fully saturated rings. The lowest BCUT2D eigenvalue weighted by molar-refractivity contribution is 0.502. The molecule has 1 aromatic carbocycles. The fourth-order valence-corrected chi connectivity index (χ4v) is 5.04. The topological polar surface area (TPSA) is 52.6 Å². The zero-order chi connectivity index (χ0) is 13.8. The predicted octanol–water partition coefficient (Wildman–Crippen LogP) is 1.90. The number of thiocarbonyl (C=S) groups is 1. The van der Waals surface area contributed by atoms with E-state index < -0.39 is 16.0 Å². The number of benzene rings is 1. The zero-order valence-corrected chi connectivity index (χ0v) is 12.1. The van der Waals surface area contributed by atoms with Gasteiger partial charge in [-0.3, -0.25) is 0 Å². The Kier molecular flexibility index (Phi) is 3.05. The number of hydrogen-bond donors (Lipinski definition) is 2. The maximum absolute atomic E-state index is 13.2. The number of hydrogen-bond acceptors (Lipinski definition) is 2. The minimum Gasteiger partial charge on any atom is -0.352 e. The number of fused-ring (bicyclic) bond motifs is 1. The summed E-state index contributed by atoms with van der Waals surface area (Å²) >= 11 is 11.0. The quantitative estimate of drug-likeness (QED) is 0.611. The number of halogens is 2. The molecule has 4 nitrogen and oxygen atoms in total. The van der Waals surface area contributed by atoms with Crippen LogP contribution >= 0.6 is 23.8 Å². The van der Waals surface area contributed by atoms with E-state index in [2.05, 4.69) is 5.32 Å². The lowest BCUT2D eigenvalue weighted by Gasteiger charge is -2.22. The van der Waals surface area contributed by atoms with Crippen molar-refractivity contribution in [2.45, 2.75) is 12.1 Å². The van der Waals surface area contributed by atoms with Gasteiger partial charge in [0.2, 0.25) is 10.2 Å². The first-order valence-electron chi connectivity index (χ1n) is 5.64. The van der Waals surface area contributed by atoms with Gasteiger partial charge in [0.1, 0.15) is 17.9 Å². The molecule has 3 atom stereocenters. The van der Waals surface area contributed by atoms with Gasteiger partial charge in [0.05, 0.1) is 5.02 Å². The van der Waals surface area contributed by atoms with E-state index in [0.717, 1.165) is 0 Å². The second-order valence-corrected chi connectivity index (χ2v) is 7.70. The van der Waals surface area contributed by atoms with Gasteiger partial charge in [0.15, 0.2) is 16.6 Å². The highest BCUT2D eigenvalue weighted by Gasteiger charge is 2.54. The Morgan fingerprint density at radius 2 is 2.26 bits per heavy atom. The molecule has 2 aliphatic rings. The summed E-state index contributed by atoms with van der Waals surface area (Å²) in [5.74, 6) is -0.166. The summed E-state index contributed by atoms with van der Waals surface area (Å²) in [6.45, 7) is 0. The molecule has 19 heavy (non-hydrogen) atoms. The number of rotatable bonds is 1. The third-order valence-corrected chi connectivity index (χ3v) is 5.72. The molecule has 3 rings (SSSR count). The molecule has 0 spiro atoms. The third-order valence-electron chi connectivity index (χ3n) is 3.38. The van der Waals surface area contributed by atoms with Gasteiger partial charge in [0.25, 0.3) is 0 Å². The first kappa shape index (κ1) is 13.2. The molecule has 0 saturated carbocycles. The van der Waals surface area contributed by atoms with E-state index >= 15 is 0 Å². The lowest BCUT2D eigenvalue weighted by Crippen LogP contribution is -2.37. The highest BCUT2D eigenvalue weighted by atomic mass is 35.5. The summed E-state index contributed by atoms with van der Waals surface area (Å²) in [5, 5.41) is 3.52. The Bertz CT molecular complexity index is 612. The minimum atomic E-state index is -2.81. The molecule has 0 aliphatic carbocycles. The Morgan fingerprint density at radius 3 is 2.95 bits per heavy atom. The van der Waals surface area contributed by atoms with Crippen molar-refractivity contribution in [3.8, 4) is 0 Å². The Hall–Kier alpha value is -0.760. The van der Waals surface area contributed by atoms with Crippen molar-refractivity contribution < 1.29 is 13.2 Å². The minimum absolute atomic E-state index is 0.00600. The van der Waals surface area contributed by atoms with Gasteiger partial charge in [-0.2, -0.15) is 4.55 Å². The van der Waals surface area contributed by atoms with Crippen LogP contribution in [0.5, 0.6) is 0 Å². The van der Waals surface area contributed by atoms with Crippen LogP contribution in [-0.4, -0.2) is 33.3 Å². The zero-order valence-electron chi connectivity index (χ0n) is 9.68. The maximum atomic E-state index is 13.2. The van der Waals surface area contributed by atoms with Crippen molar-refractivity contribution in [3.05, 3.63) is 29.0 Å². The van der Waals surface area contributed by atoms with Crippen molar-refractivity contribution >= 4 is 44.8 Å². The molecule has 0 bridgehead atoms. The average Bonchev–Trinajstić information content (AvgIpc) is 2.73. The van der Waals surface area contributed by atoms with Crippen molar-refractivity contribution in [2.75, 3.05) is 16.4 Å². The summed E-state index contributed by atoms with van der Waals surface area (Å²) in [5.41, 5.74) is 0.633. The van der Waals surface area contributed by atoms with E-state index in [9.17, 15) is 13.2 Å². The van der Waals surface area contributed by atoms with Crippen LogP contribution in [0.2, 0.25) is 5.02 Å². The Labute approximate surface area is 121 Å². The first-order valence-corrected chi connectivity index (χ1v) is 8.28. The molecule has 2 N–H and O–H groups in total. The molecule has 8 heteroatoms. The van der Waals surface area contributed by atoms with Crippen molar-refractivity contribution in [1.29, 1.82) is 0 Å². The highest BCUT2D eigenvalue weighted by Crippen LogP contribution is 2.33. The van der Waals surface area contributed by atoms with E-state index in [1.165, 1.54) is 12.1 Å². The number of nitrogens with one attached hydrogen (secondary N) is 1. The lowest BCUT2D eigenvalue weighted by atomic mass is 10.1. The first-order chi connectivity index (χ1) is 8.87. The third kappa shape index (κ3) is 2.24. The molecule has 0 amide bonds. The number of nitrogens with zero attached hydrogens (tertiary/aromatic N) is 1. The van der Waals surface area contributed by atoms with Crippen LogP contribution < -0.4 is 10.2 Å². The standard InChI is InChI=1S/C11H10ClFN2O2S2/c12-7-3-6(1-2-8(7)13)15-10-5-19(16,17)4-9(10)14-11(15)18/h1-3,9-10H,4-5H2,(H-,14,16,17,18)/p+1/t9-,10-/m1/s1. The van der Waals surface area contributed by atoms with Gasteiger partial charge < -0.3 is 10.2 Å². The molecule has 0 aromatic heterocycles. The molecule has 2 aliphatic heterocycles. The van der Waals surface area contributed by atoms with Gasteiger partial charge in [-0.1, -0.05) is 15.8 Å². The van der Waals surface area contributed by atoms with E-state index in [-0.39, 0.29) is 28.6 Å². The Balaban J connectivity index is 1.97. The van der Waals surface area contributed by atoms with Crippen LogP contribution in [-0.2, 0) is 14.4 Å². The van der Waals surface area contributed by atoms with Gasteiger partial charge in [-0.15, -0.1) is 0 Å². The van der Waals surface area contributed by atoms with E-state index in [4.69, 9.17) is 23.8 Å². The van der Waals surface area contributed by atoms with Gasteiger partial charge >= 0.3 is 0 Å². The average molecular weight is 322 g/mol. The summed E-state index contributed by atoms with van der Waals surface area (Å²) in [7, 11) is -2.81. The van der Waals surface area contributed by atoms with Gasteiger partial charge in [-0.05, 0) is 30.4 Å². The summed E-state index contributed by atoms with van der Waals surface area (Å²) < 4.78 is 34.6. The molecule has 0 radical (unpaired) electrons. The van der Waals surface area contributed by atoms with Crippen molar-refractivity contribution in [1.82, 2.24) is 5.32 Å². The Morgan fingerprint density at radius 1 is 1.53 bits per heavy atom. The smallest absolute Gasteiger partial charge is 0.218 e. The van der Waals surface area contributed by atoms with E-state index in [1.807, 2.05) is 0 Å². The van der Waals surface area contributed by atoms with Crippen molar-refractivity contribution in [3.63, 3.8) is 0 Å². The highest BCUT2D eigenvalue weighted by molar-refractivity contribution is 7.98. The van der Waals surface area contributed by atoms with Crippen LogP contribution in [0, 0.1) is 5.82 Å². The fourth-order valence-electron chi connectivity index (χ4n) is 2.56. The maximum Gasteiger partial charge on any atom is 0.218 e. The van der Waals surface area contributed by atoms with E-state index in [0.29, 0.717) is 10.8 Å². The predicted molar refractivity (Wildman–Crippen MR) is 77.6 cm³/mol. The second kappa shape index (κ2) is 4.37. The molecule has 2 saturated heterocycles. The van der Waals surface area contributed by atoms with Gasteiger partial charge in [0, 0.05) is 5.69 Å². The fraction of sp³-hybridized carbons (Fsp3) is 0.364.